The Morgan fingerprint density at radius 2 is 2.29 bits per heavy atom. The maximum Gasteiger partial charge on any atom is 0.264 e. The largest absolute Gasteiger partial charge is 0.298 e. The summed E-state index contributed by atoms with van der Waals surface area (Å²) in [7, 11) is 1.78. The van der Waals surface area contributed by atoms with E-state index in [2.05, 4.69) is 32.9 Å². The third-order valence-corrected chi connectivity index (χ3v) is 3.88. The fourth-order valence-corrected chi connectivity index (χ4v) is 2.42. The molecular weight excluding hydrogens is 284 g/mol. The standard InChI is InChI=1S/C11H15BrN4O/c1-3-8(4-12)6-16-7-13-10-9(11(16)17)5-14-15(10)2/h5,7-8H,3-4,6H2,1-2H3. The van der Waals surface area contributed by atoms with Crippen molar-refractivity contribution in [2.75, 3.05) is 5.33 Å². The van der Waals surface area contributed by atoms with Gasteiger partial charge in [0.1, 0.15) is 5.39 Å². The zero-order valence-electron chi connectivity index (χ0n) is 9.93. The molecule has 2 heterocycles. The highest BCUT2D eigenvalue weighted by Crippen LogP contribution is 2.09. The molecule has 5 nitrogen and oxygen atoms in total. The van der Waals surface area contributed by atoms with E-state index in [1.807, 2.05) is 0 Å². The third kappa shape index (κ3) is 2.26. The highest BCUT2D eigenvalue weighted by molar-refractivity contribution is 9.09. The van der Waals surface area contributed by atoms with Gasteiger partial charge in [-0.05, 0) is 5.92 Å². The van der Waals surface area contributed by atoms with Crippen LogP contribution in [-0.2, 0) is 13.6 Å². The number of alkyl halides is 1. The lowest BCUT2D eigenvalue weighted by Gasteiger charge is -2.12. The summed E-state index contributed by atoms with van der Waals surface area (Å²) >= 11 is 3.46. The normalized spacial score (nSPS) is 13.1. The van der Waals surface area contributed by atoms with Crippen LogP contribution in [0, 0.1) is 5.92 Å². The molecule has 0 aliphatic rings. The molecule has 1 unspecified atom stereocenters. The van der Waals surface area contributed by atoms with E-state index in [-0.39, 0.29) is 5.56 Å². The Hall–Kier alpha value is -1.17. The lowest BCUT2D eigenvalue weighted by atomic mass is 10.1. The molecule has 0 saturated heterocycles. The summed E-state index contributed by atoms with van der Waals surface area (Å²) < 4.78 is 3.28. The second-order valence-electron chi connectivity index (χ2n) is 4.14. The molecule has 2 rings (SSSR count). The quantitative estimate of drug-likeness (QED) is 0.805. The van der Waals surface area contributed by atoms with Crippen LogP contribution in [-0.4, -0.2) is 24.7 Å². The van der Waals surface area contributed by atoms with Gasteiger partial charge in [-0.1, -0.05) is 29.3 Å². The molecule has 17 heavy (non-hydrogen) atoms. The smallest absolute Gasteiger partial charge is 0.264 e. The van der Waals surface area contributed by atoms with Crippen molar-refractivity contribution in [3.63, 3.8) is 0 Å². The van der Waals surface area contributed by atoms with E-state index in [9.17, 15) is 4.79 Å². The second-order valence-corrected chi connectivity index (χ2v) is 4.78. The SMILES string of the molecule is CCC(CBr)Cn1cnc2c(cnn2C)c1=O. The Kier molecular flexibility index (Phi) is 3.61. The number of hydrogen-bond acceptors (Lipinski definition) is 3. The van der Waals surface area contributed by atoms with Gasteiger partial charge in [0.05, 0.1) is 12.5 Å². The number of rotatable bonds is 4. The molecule has 0 N–H and O–H groups in total. The monoisotopic (exact) mass is 298 g/mol. The molecule has 0 aliphatic carbocycles. The van der Waals surface area contributed by atoms with Crippen molar-refractivity contribution < 1.29 is 0 Å². The first-order valence-electron chi connectivity index (χ1n) is 5.60. The molecule has 2 aromatic heterocycles. The summed E-state index contributed by atoms with van der Waals surface area (Å²) in [5.74, 6) is 0.448. The van der Waals surface area contributed by atoms with E-state index < -0.39 is 0 Å². The van der Waals surface area contributed by atoms with Crippen LogP contribution in [0.5, 0.6) is 0 Å². The van der Waals surface area contributed by atoms with Crippen LogP contribution in [0.3, 0.4) is 0 Å². The summed E-state index contributed by atoms with van der Waals surface area (Å²) in [5.41, 5.74) is 0.626. The Balaban J connectivity index is 2.43. The van der Waals surface area contributed by atoms with E-state index in [1.54, 1.807) is 28.8 Å². The number of halogens is 1. The van der Waals surface area contributed by atoms with Crippen molar-refractivity contribution in [3.05, 3.63) is 22.9 Å². The van der Waals surface area contributed by atoms with Crippen molar-refractivity contribution in [3.8, 4) is 0 Å². The Labute approximate surface area is 108 Å². The first-order valence-corrected chi connectivity index (χ1v) is 6.72. The summed E-state index contributed by atoms with van der Waals surface area (Å²) in [6.45, 7) is 2.81. The average molecular weight is 299 g/mol. The Morgan fingerprint density at radius 1 is 1.53 bits per heavy atom. The van der Waals surface area contributed by atoms with Crippen molar-refractivity contribution in [1.29, 1.82) is 0 Å². The van der Waals surface area contributed by atoms with Crippen LogP contribution >= 0.6 is 15.9 Å². The molecule has 92 valence electrons. The Bertz CT molecular complexity index is 570. The summed E-state index contributed by atoms with van der Waals surface area (Å²) in [6, 6.07) is 0. The first-order chi connectivity index (χ1) is 8.17. The van der Waals surface area contributed by atoms with E-state index in [0.717, 1.165) is 11.8 Å². The van der Waals surface area contributed by atoms with Crippen LogP contribution in [0.2, 0.25) is 0 Å². The van der Waals surface area contributed by atoms with Gasteiger partial charge in [0.25, 0.3) is 5.56 Å². The molecule has 0 aliphatic heterocycles. The molecule has 1 atom stereocenters. The average Bonchev–Trinajstić information content (AvgIpc) is 2.71. The number of fused-ring (bicyclic) bond motifs is 1. The van der Waals surface area contributed by atoms with Crippen LogP contribution in [0.25, 0.3) is 11.0 Å². The fraction of sp³-hybridized carbons (Fsp3) is 0.545. The lowest BCUT2D eigenvalue weighted by Crippen LogP contribution is -2.24. The highest BCUT2D eigenvalue weighted by atomic mass is 79.9. The van der Waals surface area contributed by atoms with Gasteiger partial charge >= 0.3 is 0 Å². The minimum Gasteiger partial charge on any atom is -0.298 e. The van der Waals surface area contributed by atoms with Crippen molar-refractivity contribution in [2.24, 2.45) is 13.0 Å². The van der Waals surface area contributed by atoms with Crippen molar-refractivity contribution >= 4 is 27.0 Å². The predicted octanol–water partition coefficient (Wildman–Crippen LogP) is 1.55. The first kappa shape index (κ1) is 12.3. The minimum absolute atomic E-state index is 0.0116. The maximum absolute atomic E-state index is 12.2. The van der Waals surface area contributed by atoms with Crippen LogP contribution in [0.15, 0.2) is 17.3 Å². The summed E-state index contributed by atoms with van der Waals surface area (Å²) in [6.07, 6.45) is 4.22. The van der Waals surface area contributed by atoms with Crippen molar-refractivity contribution in [2.45, 2.75) is 19.9 Å². The molecule has 0 aromatic carbocycles. The molecule has 0 fully saturated rings. The number of aromatic nitrogens is 4. The molecular formula is C11H15BrN4O. The van der Waals surface area contributed by atoms with Gasteiger partial charge in [0, 0.05) is 18.9 Å². The topological polar surface area (TPSA) is 52.7 Å². The number of nitrogens with zero attached hydrogens (tertiary/aromatic N) is 4. The van der Waals surface area contributed by atoms with Gasteiger partial charge in [-0.15, -0.1) is 0 Å². The molecule has 0 radical (unpaired) electrons. The van der Waals surface area contributed by atoms with Crippen LogP contribution in [0.1, 0.15) is 13.3 Å². The maximum atomic E-state index is 12.2. The van der Waals surface area contributed by atoms with Gasteiger partial charge in [-0.25, -0.2) is 4.98 Å². The number of hydrogen-bond donors (Lipinski definition) is 0. The van der Waals surface area contributed by atoms with E-state index in [4.69, 9.17) is 0 Å². The lowest BCUT2D eigenvalue weighted by molar-refractivity contribution is 0.467. The zero-order chi connectivity index (χ0) is 12.4. The minimum atomic E-state index is -0.0116. The predicted molar refractivity (Wildman–Crippen MR) is 70.3 cm³/mol. The zero-order valence-corrected chi connectivity index (χ0v) is 11.5. The molecule has 6 heteroatoms. The second kappa shape index (κ2) is 5.00. The molecule has 0 bridgehead atoms. The van der Waals surface area contributed by atoms with Crippen molar-refractivity contribution in [1.82, 2.24) is 19.3 Å². The molecule has 2 aromatic rings. The number of aryl methyl sites for hydroxylation is 1. The van der Waals surface area contributed by atoms with E-state index in [1.165, 1.54) is 0 Å². The van der Waals surface area contributed by atoms with Gasteiger partial charge in [0.15, 0.2) is 5.65 Å². The molecule has 0 amide bonds. The highest BCUT2D eigenvalue weighted by Gasteiger charge is 2.11. The molecule has 0 spiro atoms. The van der Waals surface area contributed by atoms with Crippen LogP contribution < -0.4 is 5.56 Å². The van der Waals surface area contributed by atoms with Gasteiger partial charge in [-0.2, -0.15) is 5.10 Å². The summed E-state index contributed by atoms with van der Waals surface area (Å²) in [5, 5.41) is 5.52. The molecule has 0 saturated carbocycles. The Morgan fingerprint density at radius 3 is 2.94 bits per heavy atom. The van der Waals surface area contributed by atoms with Gasteiger partial charge in [0.2, 0.25) is 0 Å². The fourth-order valence-electron chi connectivity index (χ4n) is 1.76. The third-order valence-electron chi connectivity index (χ3n) is 2.97. The van der Waals surface area contributed by atoms with Crippen LogP contribution in [0.4, 0.5) is 0 Å². The van der Waals surface area contributed by atoms with Gasteiger partial charge in [-0.3, -0.25) is 14.0 Å². The van der Waals surface area contributed by atoms with Gasteiger partial charge < -0.3 is 0 Å². The van der Waals surface area contributed by atoms with E-state index in [0.29, 0.717) is 23.5 Å². The van der Waals surface area contributed by atoms with E-state index >= 15 is 0 Å². The summed E-state index contributed by atoms with van der Waals surface area (Å²) in [4.78, 5) is 16.4.